The van der Waals surface area contributed by atoms with Gasteiger partial charge in [0.15, 0.2) is 11.0 Å². The van der Waals surface area contributed by atoms with E-state index in [9.17, 15) is 13.2 Å². The standard InChI is InChI=1S/C20H22N4O4S2/c1-14-7-5-9-16(11-14)24-19(21-22-20(24)29-13-18(25)28-4)15-8-6-10-17(12-15)30(26,27)23(2)3/h5-12H,13H2,1-4H3. The maximum absolute atomic E-state index is 12.6. The molecular formula is C20H22N4O4S2. The van der Waals surface area contributed by atoms with Crippen molar-refractivity contribution < 1.29 is 17.9 Å². The van der Waals surface area contributed by atoms with Crippen molar-refractivity contribution in [3.63, 3.8) is 0 Å². The van der Waals surface area contributed by atoms with Crippen LogP contribution in [0.3, 0.4) is 0 Å². The van der Waals surface area contributed by atoms with E-state index in [0.717, 1.165) is 15.6 Å². The van der Waals surface area contributed by atoms with Gasteiger partial charge in [0.25, 0.3) is 0 Å². The highest BCUT2D eigenvalue weighted by molar-refractivity contribution is 7.99. The summed E-state index contributed by atoms with van der Waals surface area (Å²) in [5, 5.41) is 9.04. The molecule has 2 aromatic carbocycles. The maximum Gasteiger partial charge on any atom is 0.316 e. The smallest absolute Gasteiger partial charge is 0.316 e. The number of aryl methyl sites for hydroxylation is 1. The highest BCUT2D eigenvalue weighted by Gasteiger charge is 2.21. The van der Waals surface area contributed by atoms with E-state index < -0.39 is 10.0 Å². The number of rotatable bonds is 7. The quantitative estimate of drug-likeness (QED) is 0.407. The molecule has 1 heterocycles. The van der Waals surface area contributed by atoms with Crippen LogP contribution < -0.4 is 0 Å². The molecule has 8 nitrogen and oxygen atoms in total. The van der Waals surface area contributed by atoms with Crippen molar-refractivity contribution in [3.8, 4) is 17.1 Å². The SMILES string of the molecule is COC(=O)CSc1nnc(-c2cccc(S(=O)(=O)N(C)C)c2)n1-c1cccc(C)c1. The highest BCUT2D eigenvalue weighted by Crippen LogP contribution is 2.30. The lowest BCUT2D eigenvalue weighted by Gasteiger charge is -2.13. The van der Waals surface area contributed by atoms with Gasteiger partial charge >= 0.3 is 5.97 Å². The van der Waals surface area contributed by atoms with Gasteiger partial charge in [-0.3, -0.25) is 9.36 Å². The van der Waals surface area contributed by atoms with Crippen LogP contribution in [0.25, 0.3) is 17.1 Å². The van der Waals surface area contributed by atoms with Crippen molar-refractivity contribution in [2.24, 2.45) is 0 Å². The molecular weight excluding hydrogens is 424 g/mol. The first-order valence-electron chi connectivity index (χ1n) is 8.99. The van der Waals surface area contributed by atoms with E-state index >= 15 is 0 Å². The van der Waals surface area contributed by atoms with E-state index in [1.165, 1.54) is 33.0 Å². The number of esters is 1. The number of hydrogen-bond donors (Lipinski definition) is 0. The molecule has 30 heavy (non-hydrogen) atoms. The molecule has 0 aliphatic carbocycles. The summed E-state index contributed by atoms with van der Waals surface area (Å²) in [5.41, 5.74) is 2.44. The minimum Gasteiger partial charge on any atom is -0.468 e. The van der Waals surface area contributed by atoms with Crippen LogP contribution in [0.15, 0.2) is 58.6 Å². The van der Waals surface area contributed by atoms with E-state index in [2.05, 4.69) is 10.2 Å². The number of benzene rings is 2. The number of hydrogen-bond acceptors (Lipinski definition) is 7. The van der Waals surface area contributed by atoms with E-state index in [1.807, 2.05) is 35.8 Å². The van der Waals surface area contributed by atoms with Crippen molar-refractivity contribution in [3.05, 3.63) is 54.1 Å². The lowest BCUT2D eigenvalue weighted by atomic mass is 10.2. The molecule has 0 unspecified atom stereocenters. The van der Waals surface area contributed by atoms with Crippen LogP contribution in [-0.2, 0) is 19.6 Å². The molecule has 0 aliphatic rings. The molecule has 0 bridgehead atoms. The molecule has 0 spiro atoms. The first kappa shape index (κ1) is 22.0. The van der Waals surface area contributed by atoms with Crippen molar-refractivity contribution in [2.75, 3.05) is 27.0 Å². The van der Waals surface area contributed by atoms with Gasteiger partial charge in [0, 0.05) is 25.3 Å². The molecule has 10 heteroatoms. The third-order valence-electron chi connectivity index (χ3n) is 4.31. The first-order valence-corrected chi connectivity index (χ1v) is 11.4. The Hall–Kier alpha value is -2.69. The van der Waals surface area contributed by atoms with Gasteiger partial charge in [-0.05, 0) is 36.8 Å². The van der Waals surface area contributed by atoms with Crippen molar-refractivity contribution in [1.82, 2.24) is 19.1 Å². The molecule has 3 rings (SSSR count). The Morgan fingerprint density at radius 2 is 1.87 bits per heavy atom. The molecule has 0 fully saturated rings. The van der Waals surface area contributed by atoms with Gasteiger partial charge in [-0.2, -0.15) is 0 Å². The molecule has 0 atom stereocenters. The third-order valence-corrected chi connectivity index (χ3v) is 7.02. The number of sulfonamides is 1. The summed E-state index contributed by atoms with van der Waals surface area (Å²) in [5.74, 6) is 0.179. The normalized spacial score (nSPS) is 11.6. The van der Waals surface area contributed by atoms with Crippen LogP contribution in [0.4, 0.5) is 0 Å². The second-order valence-corrected chi connectivity index (χ2v) is 9.75. The van der Waals surface area contributed by atoms with Gasteiger partial charge in [-0.1, -0.05) is 36.0 Å². The number of nitrogens with zero attached hydrogens (tertiary/aromatic N) is 4. The summed E-state index contributed by atoms with van der Waals surface area (Å²) in [6, 6.07) is 14.3. The molecule has 158 valence electrons. The number of ether oxygens (including phenoxy) is 1. The average molecular weight is 447 g/mol. The summed E-state index contributed by atoms with van der Waals surface area (Å²) < 4.78 is 32.8. The molecule has 1 aromatic heterocycles. The Morgan fingerprint density at radius 3 is 2.53 bits per heavy atom. The Bertz CT molecular complexity index is 1170. The molecule has 3 aromatic rings. The number of aromatic nitrogens is 3. The monoisotopic (exact) mass is 446 g/mol. The van der Waals surface area contributed by atoms with Crippen LogP contribution in [-0.4, -0.2) is 60.4 Å². The predicted molar refractivity (Wildman–Crippen MR) is 115 cm³/mol. The number of carbonyl (C=O) groups is 1. The van der Waals surface area contributed by atoms with Crippen LogP contribution in [0.5, 0.6) is 0 Å². The summed E-state index contributed by atoms with van der Waals surface area (Å²) in [6.07, 6.45) is 0. The number of methoxy groups -OCH3 is 1. The molecule has 0 radical (unpaired) electrons. The summed E-state index contributed by atoms with van der Waals surface area (Å²) >= 11 is 1.20. The Morgan fingerprint density at radius 1 is 1.13 bits per heavy atom. The minimum absolute atomic E-state index is 0.0789. The van der Waals surface area contributed by atoms with E-state index in [4.69, 9.17) is 4.74 Å². The van der Waals surface area contributed by atoms with Crippen molar-refractivity contribution in [1.29, 1.82) is 0 Å². The highest BCUT2D eigenvalue weighted by atomic mass is 32.2. The van der Waals surface area contributed by atoms with Crippen LogP contribution in [0.2, 0.25) is 0 Å². The summed E-state index contributed by atoms with van der Waals surface area (Å²) in [6.45, 7) is 1.97. The predicted octanol–water partition coefficient (Wildman–Crippen LogP) is 2.76. The van der Waals surface area contributed by atoms with Gasteiger partial charge in [-0.15, -0.1) is 10.2 Å². The van der Waals surface area contributed by atoms with Crippen LogP contribution in [0.1, 0.15) is 5.56 Å². The van der Waals surface area contributed by atoms with Crippen molar-refractivity contribution in [2.45, 2.75) is 17.0 Å². The zero-order chi connectivity index (χ0) is 21.9. The van der Waals surface area contributed by atoms with Gasteiger partial charge in [0.05, 0.1) is 17.8 Å². The van der Waals surface area contributed by atoms with Gasteiger partial charge in [0.2, 0.25) is 10.0 Å². The minimum atomic E-state index is -3.60. The fraction of sp³-hybridized carbons (Fsp3) is 0.250. The Kier molecular flexibility index (Phi) is 6.59. The zero-order valence-corrected chi connectivity index (χ0v) is 18.7. The molecule has 0 saturated carbocycles. The second-order valence-electron chi connectivity index (χ2n) is 6.66. The third kappa shape index (κ3) is 4.55. The van der Waals surface area contributed by atoms with Gasteiger partial charge in [-0.25, -0.2) is 12.7 Å². The van der Waals surface area contributed by atoms with Gasteiger partial charge in [0.1, 0.15) is 0 Å². The fourth-order valence-electron chi connectivity index (χ4n) is 2.74. The molecule has 0 amide bonds. The summed E-state index contributed by atoms with van der Waals surface area (Å²) in [4.78, 5) is 11.8. The molecule has 0 N–H and O–H groups in total. The number of thioether (sulfide) groups is 1. The first-order chi connectivity index (χ1) is 14.2. The van der Waals surface area contributed by atoms with Crippen LogP contribution in [0, 0.1) is 6.92 Å². The van der Waals surface area contributed by atoms with E-state index in [-0.39, 0.29) is 16.6 Å². The largest absolute Gasteiger partial charge is 0.468 e. The second kappa shape index (κ2) is 8.99. The van der Waals surface area contributed by atoms with Gasteiger partial charge < -0.3 is 4.74 Å². The Labute approximate surface area is 179 Å². The maximum atomic E-state index is 12.6. The fourth-order valence-corrected chi connectivity index (χ4v) is 4.47. The number of carbonyl (C=O) groups excluding carboxylic acids is 1. The van der Waals surface area contributed by atoms with Crippen molar-refractivity contribution >= 4 is 27.8 Å². The zero-order valence-electron chi connectivity index (χ0n) is 17.1. The Balaban J connectivity index is 2.14. The molecule has 0 saturated heterocycles. The van der Waals surface area contributed by atoms with E-state index in [1.54, 1.807) is 24.3 Å². The average Bonchev–Trinajstić information content (AvgIpc) is 3.16. The topological polar surface area (TPSA) is 94.4 Å². The lowest BCUT2D eigenvalue weighted by molar-refractivity contribution is -0.137. The lowest BCUT2D eigenvalue weighted by Crippen LogP contribution is -2.22. The summed E-state index contributed by atoms with van der Waals surface area (Å²) in [7, 11) is 0.699. The van der Waals surface area contributed by atoms with E-state index in [0.29, 0.717) is 16.5 Å². The molecule has 0 aliphatic heterocycles. The van der Waals surface area contributed by atoms with Crippen LogP contribution >= 0.6 is 11.8 Å².